The molecule has 0 unspecified atom stereocenters. The molecule has 0 aromatic heterocycles. The number of ether oxygens (including phenoxy) is 2. The molecule has 1 saturated heterocycles. The fraction of sp³-hybridized carbons (Fsp3) is 0.385. The van der Waals surface area contributed by atoms with E-state index in [2.05, 4.69) is 24.3 Å². The third kappa shape index (κ3) is 2.91. The Morgan fingerprint density at radius 3 is 2.53 bits per heavy atom. The molecule has 2 heteroatoms. The lowest BCUT2D eigenvalue weighted by molar-refractivity contribution is -0.138. The van der Waals surface area contributed by atoms with Crippen LogP contribution in [-0.4, -0.2) is 19.0 Å². The first-order chi connectivity index (χ1) is 7.29. The Morgan fingerprint density at radius 1 is 1.20 bits per heavy atom. The molecule has 0 aliphatic carbocycles. The predicted octanol–water partition coefficient (Wildman–Crippen LogP) is 2.85. The van der Waals surface area contributed by atoms with E-state index >= 15 is 0 Å². The Morgan fingerprint density at radius 2 is 1.87 bits per heavy atom. The van der Waals surface area contributed by atoms with Crippen LogP contribution in [0.25, 0.3) is 6.08 Å². The van der Waals surface area contributed by atoms with Crippen molar-refractivity contribution in [3.05, 3.63) is 42.0 Å². The van der Waals surface area contributed by atoms with Crippen LogP contribution >= 0.6 is 0 Å². The van der Waals surface area contributed by atoms with E-state index in [-0.39, 0.29) is 0 Å². The maximum atomic E-state index is 5.50. The Hall–Kier alpha value is -1.12. The van der Waals surface area contributed by atoms with E-state index in [1.165, 1.54) is 5.56 Å². The molecule has 0 spiro atoms. The molecular formula is C13H16O2. The number of benzene rings is 1. The lowest BCUT2D eigenvalue weighted by Gasteiger charge is -2.19. The molecule has 80 valence electrons. The van der Waals surface area contributed by atoms with Gasteiger partial charge in [-0.05, 0) is 12.5 Å². The average molecular weight is 204 g/mol. The van der Waals surface area contributed by atoms with Crippen LogP contribution in [0.5, 0.6) is 0 Å². The van der Waals surface area contributed by atoms with Crippen molar-refractivity contribution in [1.82, 2.24) is 0 Å². The van der Waals surface area contributed by atoms with Crippen molar-refractivity contribution in [2.24, 2.45) is 0 Å². The molecule has 0 atom stereocenters. The molecule has 1 aromatic rings. The third-order valence-corrected chi connectivity index (χ3v) is 2.50. The van der Waals surface area contributed by atoms with Crippen molar-refractivity contribution in [2.45, 2.75) is 19.1 Å². The first-order valence-electron chi connectivity index (χ1n) is 5.28. The van der Waals surface area contributed by atoms with Gasteiger partial charge in [-0.2, -0.15) is 0 Å². The molecule has 0 N–H and O–H groups in total. The van der Waals surface area contributed by atoms with E-state index in [1.807, 2.05) is 25.1 Å². The molecule has 1 aromatic carbocycles. The molecule has 0 radical (unpaired) electrons. The second-order valence-electron chi connectivity index (χ2n) is 3.85. The summed E-state index contributed by atoms with van der Waals surface area (Å²) in [6.45, 7) is 3.39. The largest absolute Gasteiger partial charge is 0.348 e. The van der Waals surface area contributed by atoms with Gasteiger partial charge in [-0.25, -0.2) is 0 Å². The van der Waals surface area contributed by atoms with Crippen molar-refractivity contribution in [3.8, 4) is 0 Å². The zero-order chi connectivity index (χ0) is 10.6. The predicted molar refractivity (Wildman–Crippen MR) is 60.4 cm³/mol. The molecule has 0 amide bonds. The second kappa shape index (κ2) is 4.60. The van der Waals surface area contributed by atoms with Gasteiger partial charge in [0.2, 0.25) is 0 Å². The summed E-state index contributed by atoms with van der Waals surface area (Å²) in [6.07, 6.45) is 4.98. The quantitative estimate of drug-likeness (QED) is 0.753. The Balaban J connectivity index is 1.90. The highest BCUT2D eigenvalue weighted by molar-refractivity contribution is 5.48. The van der Waals surface area contributed by atoms with Gasteiger partial charge in [-0.15, -0.1) is 0 Å². The summed E-state index contributed by atoms with van der Waals surface area (Å²) < 4.78 is 11.0. The summed E-state index contributed by atoms with van der Waals surface area (Å²) in [5.41, 5.74) is 1.21. The lowest BCUT2D eigenvalue weighted by Crippen LogP contribution is -2.24. The van der Waals surface area contributed by atoms with Crippen LogP contribution in [0.15, 0.2) is 36.4 Å². The van der Waals surface area contributed by atoms with Gasteiger partial charge >= 0.3 is 0 Å². The van der Waals surface area contributed by atoms with Crippen LogP contribution in [0.1, 0.15) is 18.9 Å². The number of rotatable bonds is 3. The van der Waals surface area contributed by atoms with Crippen molar-refractivity contribution >= 4 is 6.08 Å². The molecule has 0 bridgehead atoms. The van der Waals surface area contributed by atoms with Crippen LogP contribution in [-0.2, 0) is 9.47 Å². The van der Waals surface area contributed by atoms with E-state index < -0.39 is 5.79 Å². The molecule has 2 nitrogen and oxygen atoms in total. The van der Waals surface area contributed by atoms with Gasteiger partial charge < -0.3 is 9.47 Å². The molecule has 1 aliphatic heterocycles. The summed E-state index contributed by atoms with van der Waals surface area (Å²) in [7, 11) is 0. The van der Waals surface area contributed by atoms with Crippen molar-refractivity contribution in [1.29, 1.82) is 0 Å². The first kappa shape index (κ1) is 10.4. The van der Waals surface area contributed by atoms with Gasteiger partial charge in [0.15, 0.2) is 5.79 Å². The van der Waals surface area contributed by atoms with E-state index in [9.17, 15) is 0 Å². The molecule has 2 rings (SSSR count). The van der Waals surface area contributed by atoms with E-state index in [0.29, 0.717) is 13.2 Å². The third-order valence-electron chi connectivity index (χ3n) is 2.50. The summed E-state index contributed by atoms with van der Waals surface area (Å²) >= 11 is 0. The van der Waals surface area contributed by atoms with Crippen LogP contribution < -0.4 is 0 Å². The minimum absolute atomic E-state index is 0.411. The SMILES string of the molecule is CC1(C/C=C/c2ccccc2)OCCO1. The monoisotopic (exact) mass is 204 g/mol. The summed E-state index contributed by atoms with van der Waals surface area (Å²) in [6, 6.07) is 10.2. The number of hydrogen-bond acceptors (Lipinski definition) is 2. The van der Waals surface area contributed by atoms with E-state index in [0.717, 1.165) is 6.42 Å². The van der Waals surface area contributed by atoms with Gasteiger partial charge in [0.1, 0.15) is 0 Å². The van der Waals surface area contributed by atoms with Crippen LogP contribution in [0.4, 0.5) is 0 Å². The van der Waals surface area contributed by atoms with Crippen LogP contribution in [0.2, 0.25) is 0 Å². The Labute approximate surface area is 90.5 Å². The van der Waals surface area contributed by atoms with Gasteiger partial charge in [0.05, 0.1) is 13.2 Å². The molecular weight excluding hydrogens is 188 g/mol. The average Bonchev–Trinajstić information content (AvgIpc) is 2.67. The van der Waals surface area contributed by atoms with Gasteiger partial charge in [0.25, 0.3) is 0 Å². The van der Waals surface area contributed by atoms with Gasteiger partial charge in [-0.3, -0.25) is 0 Å². The summed E-state index contributed by atoms with van der Waals surface area (Å²) in [5.74, 6) is -0.411. The topological polar surface area (TPSA) is 18.5 Å². The first-order valence-corrected chi connectivity index (χ1v) is 5.28. The molecule has 1 fully saturated rings. The minimum atomic E-state index is -0.411. The maximum Gasteiger partial charge on any atom is 0.169 e. The van der Waals surface area contributed by atoms with E-state index in [1.54, 1.807) is 0 Å². The zero-order valence-corrected chi connectivity index (χ0v) is 8.98. The minimum Gasteiger partial charge on any atom is -0.348 e. The summed E-state index contributed by atoms with van der Waals surface area (Å²) in [5, 5.41) is 0. The molecule has 1 aliphatic rings. The van der Waals surface area contributed by atoms with E-state index in [4.69, 9.17) is 9.47 Å². The normalized spacial score (nSPS) is 19.8. The smallest absolute Gasteiger partial charge is 0.169 e. The highest BCUT2D eigenvalue weighted by atomic mass is 16.7. The van der Waals surface area contributed by atoms with Crippen molar-refractivity contribution in [2.75, 3.05) is 13.2 Å². The van der Waals surface area contributed by atoms with Crippen LogP contribution in [0.3, 0.4) is 0 Å². The fourth-order valence-electron chi connectivity index (χ4n) is 1.65. The molecule has 15 heavy (non-hydrogen) atoms. The van der Waals surface area contributed by atoms with Crippen molar-refractivity contribution < 1.29 is 9.47 Å². The Bertz CT molecular complexity index is 324. The maximum absolute atomic E-state index is 5.50. The van der Waals surface area contributed by atoms with Crippen molar-refractivity contribution in [3.63, 3.8) is 0 Å². The zero-order valence-electron chi connectivity index (χ0n) is 8.98. The fourth-order valence-corrected chi connectivity index (χ4v) is 1.65. The second-order valence-corrected chi connectivity index (χ2v) is 3.85. The standard InChI is InChI=1S/C13H16O2/c1-13(14-10-11-15-13)9-5-8-12-6-3-2-4-7-12/h2-8H,9-11H2,1H3/b8-5+. The molecule has 1 heterocycles. The Kier molecular flexibility index (Phi) is 3.19. The highest BCUT2D eigenvalue weighted by Gasteiger charge is 2.28. The highest BCUT2D eigenvalue weighted by Crippen LogP contribution is 2.23. The summed E-state index contributed by atoms with van der Waals surface area (Å²) in [4.78, 5) is 0. The molecule has 0 saturated carbocycles. The van der Waals surface area contributed by atoms with Crippen LogP contribution in [0, 0.1) is 0 Å². The lowest BCUT2D eigenvalue weighted by atomic mass is 10.1. The number of hydrogen-bond donors (Lipinski definition) is 0. The van der Waals surface area contributed by atoms with Gasteiger partial charge in [0, 0.05) is 6.42 Å². The van der Waals surface area contributed by atoms with Gasteiger partial charge in [-0.1, -0.05) is 42.5 Å².